The summed E-state index contributed by atoms with van der Waals surface area (Å²) in [6.45, 7) is 0.519. The maximum Gasteiger partial charge on any atom is 0.263 e. The number of hydrogen-bond donors (Lipinski definition) is 0. The highest BCUT2D eigenvalue weighted by molar-refractivity contribution is 6.33. The van der Waals surface area contributed by atoms with Gasteiger partial charge in [0, 0.05) is 0 Å². The van der Waals surface area contributed by atoms with Crippen LogP contribution in [0.15, 0.2) is 0 Å². The Kier molecular flexibility index (Phi) is 1.61. The number of hydrogen-bond acceptors (Lipinski definition) is 4. The second-order valence-corrected chi connectivity index (χ2v) is 4.19. The third-order valence-corrected chi connectivity index (χ3v) is 2.79. The van der Waals surface area contributed by atoms with Crippen LogP contribution < -0.4 is 9.47 Å². The van der Waals surface area contributed by atoms with E-state index in [4.69, 9.17) is 32.7 Å². The smallest absolute Gasteiger partial charge is 0.263 e. The van der Waals surface area contributed by atoms with Crippen LogP contribution in [-0.4, -0.2) is 22.2 Å². The third-order valence-electron chi connectivity index (χ3n) is 2.37. The van der Waals surface area contributed by atoms with Gasteiger partial charge in [-0.05, 0) is 24.4 Å². The van der Waals surface area contributed by atoms with Gasteiger partial charge in [0.15, 0.2) is 5.15 Å². The maximum atomic E-state index is 5.82. The summed E-state index contributed by atoms with van der Waals surface area (Å²) in [6.07, 6.45) is 1.98. The lowest BCUT2D eigenvalue weighted by atomic mass is 10.3. The van der Waals surface area contributed by atoms with Crippen molar-refractivity contribution in [2.75, 3.05) is 6.61 Å². The van der Waals surface area contributed by atoms with Gasteiger partial charge in [-0.2, -0.15) is 4.98 Å². The quantitative estimate of drug-likeness (QED) is 0.508. The van der Waals surface area contributed by atoms with Gasteiger partial charge < -0.3 is 9.47 Å². The third kappa shape index (κ3) is 1.21. The number of halogens is 2. The molecule has 4 nitrogen and oxygen atoms in total. The maximum absolute atomic E-state index is 5.82. The summed E-state index contributed by atoms with van der Waals surface area (Å²) in [4.78, 5) is 7.70. The molecule has 0 unspecified atom stereocenters. The van der Waals surface area contributed by atoms with Crippen LogP contribution in [0.2, 0.25) is 10.4 Å². The van der Waals surface area contributed by atoms with E-state index in [0.29, 0.717) is 18.2 Å². The first-order valence-corrected chi connectivity index (χ1v) is 4.99. The van der Waals surface area contributed by atoms with Gasteiger partial charge in [0.05, 0.1) is 0 Å². The Morgan fingerprint density at radius 1 is 1.21 bits per heavy atom. The van der Waals surface area contributed by atoms with E-state index in [1.54, 1.807) is 0 Å². The van der Waals surface area contributed by atoms with Gasteiger partial charge in [0.1, 0.15) is 12.2 Å². The van der Waals surface area contributed by atoms with Crippen molar-refractivity contribution in [1.29, 1.82) is 0 Å². The molecule has 6 heteroatoms. The van der Waals surface area contributed by atoms with Crippen LogP contribution in [0.1, 0.15) is 12.8 Å². The second kappa shape index (κ2) is 2.64. The summed E-state index contributed by atoms with van der Waals surface area (Å²) in [7, 11) is 0. The standard InChI is InChI=1S/C8H6Cl2N2O2/c9-5-4-6(12-7(10)11-5)14-8(1-2-8)3-13-4/h1-3H2. The molecule has 1 aliphatic heterocycles. The lowest BCUT2D eigenvalue weighted by Gasteiger charge is -2.25. The zero-order chi connectivity index (χ0) is 9.76. The topological polar surface area (TPSA) is 44.2 Å². The van der Waals surface area contributed by atoms with E-state index in [9.17, 15) is 0 Å². The normalized spacial score (nSPS) is 21.0. The first-order chi connectivity index (χ1) is 6.69. The largest absolute Gasteiger partial charge is 0.481 e. The molecule has 0 N–H and O–H groups in total. The number of fused-ring (bicyclic) bond motifs is 1. The molecule has 0 atom stereocenters. The predicted molar refractivity (Wildman–Crippen MR) is 50.1 cm³/mol. The van der Waals surface area contributed by atoms with E-state index < -0.39 is 0 Å². The Labute approximate surface area is 90.2 Å². The van der Waals surface area contributed by atoms with E-state index in [2.05, 4.69) is 9.97 Å². The highest BCUT2D eigenvalue weighted by atomic mass is 35.5. The van der Waals surface area contributed by atoms with Crippen molar-refractivity contribution < 1.29 is 9.47 Å². The Bertz CT molecular complexity index is 407. The van der Waals surface area contributed by atoms with Gasteiger partial charge in [0.25, 0.3) is 5.88 Å². The zero-order valence-corrected chi connectivity index (χ0v) is 8.60. The van der Waals surface area contributed by atoms with Crippen LogP contribution in [0.25, 0.3) is 0 Å². The molecule has 0 aromatic carbocycles. The minimum Gasteiger partial charge on any atom is -0.481 e. The van der Waals surface area contributed by atoms with Crippen LogP contribution in [0.4, 0.5) is 0 Å². The van der Waals surface area contributed by atoms with Crippen molar-refractivity contribution in [1.82, 2.24) is 9.97 Å². The van der Waals surface area contributed by atoms with Gasteiger partial charge in [-0.3, -0.25) is 0 Å². The summed E-state index contributed by atoms with van der Waals surface area (Å²) in [5.41, 5.74) is -0.173. The molecule has 74 valence electrons. The van der Waals surface area contributed by atoms with Gasteiger partial charge in [-0.1, -0.05) is 11.6 Å². The van der Waals surface area contributed by atoms with Crippen molar-refractivity contribution in [3.63, 3.8) is 0 Å². The molecule has 2 aliphatic rings. The lowest BCUT2D eigenvalue weighted by Crippen LogP contribution is -2.31. The average Bonchev–Trinajstić information content (AvgIpc) is 2.83. The molecular weight excluding hydrogens is 227 g/mol. The molecule has 0 radical (unpaired) electrons. The van der Waals surface area contributed by atoms with Crippen molar-refractivity contribution in [3.8, 4) is 11.6 Å². The van der Waals surface area contributed by atoms with E-state index >= 15 is 0 Å². The second-order valence-electron chi connectivity index (χ2n) is 3.49. The summed E-state index contributed by atoms with van der Waals surface area (Å²) in [6, 6.07) is 0. The monoisotopic (exact) mass is 232 g/mol. The summed E-state index contributed by atoms with van der Waals surface area (Å²) in [5.74, 6) is 0.757. The fourth-order valence-electron chi connectivity index (χ4n) is 1.39. The molecule has 0 saturated heterocycles. The Morgan fingerprint density at radius 3 is 2.71 bits per heavy atom. The molecule has 1 aromatic rings. The van der Waals surface area contributed by atoms with Crippen molar-refractivity contribution in [2.24, 2.45) is 0 Å². The average molecular weight is 233 g/mol. The van der Waals surface area contributed by atoms with Gasteiger partial charge in [-0.25, -0.2) is 4.98 Å². The van der Waals surface area contributed by atoms with Crippen molar-refractivity contribution >= 4 is 23.2 Å². The Morgan fingerprint density at radius 2 is 2.00 bits per heavy atom. The highest BCUT2D eigenvalue weighted by Gasteiger charge is 2.50. The molecule has 0 amide bonds. The first kappa shape index (κ1) is 8.56. The number of ether oxygens (including phenoxy) is 2. The van der Waals surface area contributed by atoms with Crippen LogP contribution >= 0.6 is 23.2 Å². The SMILES string of the molecule is Clc1nc(Cl)c2c(n1)OC1(CC1)CO2. The first-order valence-electron chi connectivity index (χ1n) is 4.23. The number of nitrogens with zero attached hydrogens (tertiary/aromatic N) is 2. The number of rotatable bonds is 0. The van der Waals surface area contributed by atoms with Crippen molar-refractivity contribution in [2.45, 2.75) is 18.4 Å². The van der Waals surface area contributed by atoms with E-state index in [-0.39, 0.29) is 16.0 Å². The molecule has 2 heterocycles. The minimum atomic E-state index is -0.173. The summed E-state index contributed by atoms with van der Waals surface area (Å²) < 4.78 is 11.1. The fraction of sp³-hybridized carbons (Fsp3) is 0.500. The van der Waals surface area contributed by atoms with Gasteiger partial charge in [-0.15, -0.1) is 0 Å². The van der Waals surface area contributed by atoms with E-state index in [1.807, 2.05) is 0 Å². The Hall–Kier alpha value is -0.740. The van der Waals surface area contributed by atoms with Crippen LogP contribution in [0.5, 0.6) is 11.6 Å². The van der Waals surface area contributed by atoms with Crippen LogP contribution in [-0.2, 0) is 0 Å². The van der Waals surface area contributed by atoms with Crippen molar-refractivity contribution in [3.05, 3.63) is 10.4 Å². The summed E-state index contributed by atoms with van der Waals surface area (Å²) in [5, 5.41) is 0.283. The zero-order valence-electron chi connectivity index (χ0n) is 7.09. The molecule has 1 fully saturated rings. The Balaban J connectivity index is 2.07. The molecule has 0 bridgehead atoms. The van der Waals surface area contributed by atoms with E-state index in [0.717, 1.165) is 12.8 Å². The van der Waals surface area contributed by atoms with Crippen LogP contribution in [0.3, 0.4) is 0 Å². The predicted octanol–water partition coefficient (Wildman–Crippen LogP) is 2.09. The molecule has 3 rings (SSSR count). The number of aromatic nitrogens is 2. The van der Waals surface area contributed by atoms with Gasteiger partial charge >= 0.3 is 0 Å². The minimum absolute atomic E-state index is 0.0788. The molecule has 1 spiro atoms. The lowest BCUT2D eigenvalue weighted by molar-refractivity contribution is 0.0653. The van der Waals surface area contributed by atoms with Gasteiger partial charge in [0.2, 0.25) is 11.0 Å². The molecule has 14 heavy (non-hydrogen) atoms. The molecule has 1 aromatic heterocycles. The molecular formula is C8H6Cl2N2O2. The van der Waals surface area contributed by atoms with Crippen LogP contribution in [0, 0.1) is 0 Å². The molecule has 1 aliphatic carbocycles. The molecule has 1 saturated carbocycles. The summed E-state index contributed by atoms with van der Waals surface area (Å²) >= 11 is 11.5. The fourth-order valence-corrected chi connectivity index (χ4v) is 1.81. The van der Waals surface area contributed by atoms with E-state index in [1.165, 1.54) is 0 Å². The highest BCUT2D eigenvalue weighted by Crippen LogP contribution is 2.48.